The maximum atomic E-state index is 13.7. The molecule has 0 aromatic heterocycles. The average molecular weight is 538 g/mol. The fourth-order valence-electron chi connectivity index (χ4n) is 7.56. The third-order valence-corrected chi connectivity index (χ3v) is 9.65. The van der Waals surface area contributed by atoms with Gasteiger partial charge in [-0.25, -0.2) is 4.39 Å². The number of halogens is 3. The molecule has 0 N–H and O–H groups in total. The minimum absolute atomic E-state index is 0.0375. The lowest BCUT2D eigenvalue weighted by molar-refractivity contribution is 0.00340. The molecule has 3 atom stereocenters. The van der Waals surface area contributed by atoms with Gasteiger partial charge in [0, 0.05) is 28.7 Å². The molecule has 0 amide bonds. The van der Waals surface area contributed by atoms with Gasteiger partial charge in [0.2, 0.25) is 0 Å². The van der Waals surface area contributed by atoms with Crippen LogP contribution >= 0.6 is 23.2 Å². The van der Waals surface area contributed by atoms with Gasteiger partial charge in [-0.05, 0) is 104 Å². The first-order valence-electron chi connectivity index (χ1n) is 13.7. The van der Waals surface area contributed by atoms with Crippen molar-refractivity contribution < 1.29 is 4.39 Å². The van der Waals surface area contributed by atoms with E-state index in [4.69, 9.17) is 23.2 Å². The van der Waals surface area contributed by atoms with Crippen LogP contribution in [0.4, 0.5) is 4.39 Å². The van der Waals surface area contributed by atoms with Crippen molar-refractivity contribution >= 4 is 23.2 Å². The van der Waals surface area contributed by atoms with E-state index in [0.717, 1.165) is 47.0 Å². The van der Waals surface area contributed by atoms with Crippen LogP contribution in [-0.2, 0) is 6.42 Å². The molecule has 3 aliphatic heterocycles. The molecule has 2 nitrogen and oxygen atoms in total. The Morgan fingerprint density at radius 3 is 1.86 bits per heavy atom. The van der Waals surface area contributed by atoms with Gasteiger partial charge in [-0.1, -0.05) is 71.7 Å². The van der Waals surface area contributed by atoms with Crippen molar-refractivity contribution in [3.05, 3.63) is 105 Å². The molecule has 3 aliphatic rings. The molecule has 3 aromatic carbocycles. The molecule has 3 aromatic rings. The Morgan fingerprint density at radius 2 is 1.32 bits per heavy atom. The topological polar surface area (TPSA) is 6.48 Å². The molecule has 3 fully saturated rings. The molecule has 0 saturated carbocycles. The zero-order chi connectivity index (χ0) is 25.4. The maximum Gasteiger partial charge on any atom is 0.123 e. The highest BCUT2D eigenvalue weighted by atomic mass is 35.5. The zero-order valence-electron chi connectivity index (χ0n) is 21.3. The number of benzene rings is 3. The second-order valence-corrected chi connectivity index (χ2v) is 12.3. The Hall–Kier alpha value is -1.91. The van der Waals surface area contributed by atoms with E-state index in [1.165, 1.54) is 44.3 Å². The second-order valence-electron chi connectivity index (χ2n) is 11.5. The third kappa shape index (κ3) is 5.21. The van der Waals surface area contributed by atoms with Crippen LogP contribution in [0.2, 0.25) is 10.0 Å². The number of likely N-dealkylation sites (tertiary alicyclic amines) is 1. The molecule has 3 heterocycles. The number of hydrogen-bond acceptors (Lipinski definition) is 2. The Kier molecular flexibility index (Phi) is 7.33. The van der Waals surface area contributed by atoms with Gasteiger partial charge in [0.1, 0.15) is 5.82 Å². The molecule has 6 rings (SSSR count). The largest absolute Gasteiger partial charge is 0.303 e. The van der Waals surface area contributed by atoms with Crippen molar-refractivity contribution in [3.63, 3.8) is 0 Å². The van der Waals surface area contributed by atoms with E-state index in [-0.39, 0.29) is 17.3 Å². The maximum absolute atomic E-state index is 13.7. The molecule has 3 saturated heterocycles. The Balaban J connectivity index is 1.36. The number of fused-ring (bicyclic) bond motifs is 2. The fraction of sp³-hybridized carbons (Fsp3) is 0.438. The number of hydrogen-bond donors (Lipinski definition) is 0. The van der Waals surface area contributed by atoms with E-state index in [1.807, 2.05) is 36.4 Å². The molecule has 0 spiro atoms. The monoisotopic (exact) mass is 536 g/mol. The number of nitrogens with zero attached hydrogens (tertiary/aromatic N) is 2. The SMILES string of the molecule is Fc1ccc(CC2(CN3CCCC3)C[C@H]3CC[C@@H](C2)N3C(c2ccccc2Cl)c2ccccc2Cl)cc1. The molecule has 1 unspecified atom stereocenters. The first kappa shape index (κ1) is 25.4. The van der Waals surface area contributed by atoms with Crippen LogP contribution < -0.4 is 0 Å². The second kappa shape index (κ2) is 10.7. The summed E-state index contributed by atoms with van der Waals surface area (Å²) in [6.45, 7) is 3.53. The first-order valence-corrected chi connectivity index (χ1v) is 14.5. The summed E-state index contributed by atoms with van der Waals surface area (Å²) in [6.07, 6.45) is 8.28. The normalized spacial score (nSPS) is 26.3. The highest BCUT2D eigenvalue weighted by Gasteiger charge is 2.51. The van der Waals surface area contributed by atoms with E-state index >= 15 is 0 Å². The molecular formula is C32H35Cl2FN2. The molecule has 5 heteroatoms. The summed E-state index contributed by atoms with van der Waals surface area (Å²) in [4.78, 5) is 5.42. The number of rotatable bonds is 7. The zero-order valence-corrected chi connectivity index (χ0v) is 22.8. The minimum Gasteiger partial charge on any atom is -0.303 e. The van der Waals surface area contributed by atoms with Gasteiger partial charge in [0.25, 0.3) is 0 Å². The summed E-state index contributed by atoms with van der Waals surface area (Å²) >= 11 is 13.7. The van der Waals surface area contributed by atoms with Gasteiger partial charge in [-0.15, -0.1) is 0 Å². The van der Waals surface area contributed by atoms with Crippen LogP contribution in [0.1, 0.15) is 61.3 Å². The van der Waals surface area contributed by atoms with Crippen molar-refractivity contribution in [2.24, 2.45) is 5.41 Å². The molecular weight excluding hydrogens is 502 g/mol. The van der Waals surface area contributed by atoms with Crippen molar-refractivity contribution in [2.45, 2.75) is 63.1 Å². The summed E-state index contributed by atoms with van der Waals surface area (Å²) in [5, 5.41) is 1.60. The van der Waals surface area contributed by atoms with Gasteiger partial charge in [0.05, 0.1) is 6.04 Å². The van der Waals surface area contributed by atoms with Crippen molar-refractivity contribution in [2.75, 3.05) is 19.6 Å². The van der Waals surface area contributed by atoms with Crippen LogP contribution in [0.5, 0.6) is 0 Å². The summed E-state index contributed by atoms with van der Waals surface area (Å²) in [5.41, 5.74) is 3.72. The van der Waals surface area contributed by atoms with Crippen LogP contribution in [-0.4, -0.2) is 41.5 Å². The predicted molar refractivity (Wildman–Crippen MR) is 151 cm³/mol. The van der Waals surface area contributed by atoms with Gasteiger partial charge in [-0.3, -0.25) is 4.90 Å². The van der Waals surface area contributed by atoms with Gasteiger partial charge in [0.15, 0.2) is 0 Å². The van der Waals surface area contributed by atoms with Crippen molar-refractivity contribution in [3.8, 4) is 0 Å². The smallest absolute Gasteiger partial charge is 0.123 e. The van der Waals surface area contributed by atoms with Crippen LogP contribution in [0.15, 0.2) is 72.8 Å². The fourth-order valence-corrected chi connectivity index (χ4v) is 8.04. The lowest BCUT2D eigenvalue weighted by Gasteiger charge is -2.51. The quantitative estimate of drug-likeness (QED) is 0.300. The lowest BCUT2D eigenvalue weighted by atomic mass is 9.69. The summed E-state index contributed by atoms with van der Waals surface area (Å²) < 4.78 is 13.7. The molecule has 37 heavy (non-hydrogen) atoms. The first-order chi connectivity index (χ1) is 18.0. The Morgan fingerprint density at radius 1 is 0.784 bits per heavy atom. The van der Waals surface area contributed by atoms with Crippen LogP contribution in [0.3, 0.4) is 0 Å². The van der Waals surface area contributed by atoms with E-state index in [0.29, 0.717) is 12.1 Å². The van der Waals surface area contributed by atoms with E-state index in [1.54, 1.807) is 12.1 Å². The minimum atomic E-state index is -0.158. The highest BCUT2D eigenvalue weighted by molar-refractivity contribution is 6.32. The van der Waals surface area contributed by atoms with E-state index < -0.39 is 0 Å². The van der Waals surface area contributed by atoms with Crippen molar-refractivity contribution in [1.82, 2.24) is 9.80 Å². The average Bonchev–Trinajstić information content (AvgIpc) is 3.49. The number of piperidine rings is 1. The molecule has 2 bridgehead atoms. The van der Waals surface area contributed by atoms with Gasteiger partial charge < -0.3 is 4.90 Å². The standard InChI is InChI=1S/C32H35Cl2FN2/c33-29-9-3-1-7-27(29)31(28-8-2-4-10-30(28)34)37-25-15-16-26(37)21-32(20-25,22-36-17-5-6-18-36)19-23-11-13-24(35)14-12-23/h1-4,7-14,25-26,31H,5-6,15-22H2/t25-,26+,32?. The van der Waals surface area contributed by atoms with Crippen LogP contribution in [0.25, 0.3) is 0 Å². The summed E-state index contributed by atoms with van der Waals surface area (Å²) in [6, 6.07) is 24.7. The lowest BCUT2D eigenvalue weighted by Crippen LogP contribution is -2.53. The van der Waals surface area contributed by atoms with Gasteiger partial charge >= 0.3 is 0 Å². The molecule has 0 aliphatic carbocycles. The highest BCUT2D eigenvalue weighted by Crippen LogP contribution is 2.53. The predicted octanol–water partition coefficient (Wildman–Crippen LogP) is 8.17. The Bertz CT molecular complexity index is 1160. The van der Waals surface area contributed by atoms with E-state index in [9.17, 15) is 4.39 Å². The molecule has 194 valence electrons. The van der Waals surface area contributed by atoms with Crippen LogP contribution in [0, 0.1) is 11.2 Å². The van der Waals surface area contributed by atoms with Crippen molar-refractivity contribution in [1.29, 1.82) is 0 Å². The van der Waals surface area contributed by atoms with E-state index in [2.05, 4.69) is 34.1 Å². The van der Waals surface area contributed by atoms with Gasteiger partial charge in [-0.2, -0.15) is 0 Å². The summed E-state index contributed by atoms with van der Waals surface area (Å²) in [5.74, 6) is -0.158. The summed E-state index contributed by atoms with van der Waals surface area (Å²) in [7, 11) is 0. The third-order valence-electron chi connectivity index (χ3n) is 8.96. The molecule has 0 radical (unpaired) electrons. The Labute approximate surface area is 230 Å².